The fourth-order valence-corrected chi connectivity index (χ4v) is 3.67. The van der Waals surface area contributed by atoms with Gasteiger partial charge in [-0.3, -0.25) is 14.9 Å². The first kappa shape index (κ1) is 22.7. The van der Waals surface area contributed by atoms with Gasteiger partial charge in [0.05, 0.1) is 29.8 Å². The van der Waals surface area contributed by atoms with Crippen LogP contribution in [-0.2, 0) is 0 Å². The van der Waals surface area contributed by atoms with Crippen molar-refractivity contribution in [3.8, 4) is 0 Å². The topological polar surface area (TPSA) is 99.2 Å². The Bertz CT molecular complexity index is 1130. The number of aromatic nitrogens is 2. The highest BCUT2D eigenvalue weighted by atomic mass is 35.5. The van der Waals surface area contributed by atoms with E-state index in [1.807, 2.05) is 19.1 Å². The van der Waals surface area contributed by atoms with Crippen LogP contribution in [0.3, 0.4) is 0 Å². The van der Waals surface area contributed by atoms with Gasteiger partial charge in [0.1, 0.15) is 11.5 Å². The van der Waals surface area contributed by atoms with Gasteiger partial charge in [0.25, 0.3) is 11.8 Å². The van der Waals surface area contributed by atoms with E-state index in [1.54, 1.807) is 36.7 Å². The Kier molecular flexibility index (Phi) is 7.16. The van der Waals surface area contributed by atoms with E-state index in [0.29, 0.717) is 16.5 Å². The molecule has 0 bridgehead atoms. The minimum atomic E-state index is -0.430. The lowest BCUT2D eigenvalue weighted by Gasteiger charge is -2.22. The molecule has 0 saturated carbocycles. The summed E-state index contributed by atoms with van der Waals surface area (Å²) in [6.07, 6.45) is 5.60. The van der Waals surface area contributed by atoms with Crippen molar-refractivity contribution in [1.29, 1.82) is 0 Å². The molecule has 3 N–H and O–H groups in total. The molecule has 1 aromatic carbocycles. The summed E-state index contributed by atoms with van der Waals surface area (Å²) in [5.74, 6) is -0.440. The Morgan fingerprint density at radius 2 is 1.88 bits per heavy atom. The molecule has 0 atom stereocenters. The monoisotopic (exact) mass is 464 g/mol. The maximum absolute atomic E-state index is 12.8. The summed E-state index contributed by atoms with van der Waals surface area (Å²) in [7, 11) is 0. The van der Waals surface area contributed by atoms with E-state index in [2.05, 4.69) is 30.8 Å². The van der Waals surface area contributed by atoms with Crippen molar-refractivity contribution in [3.05, 3.63) is 76.7 Å². The van der Waals surface area contributed by atoms with Gasteiger partial charge < -0.3 is 15.5 Å². The fraction of sp³-hybridized carbons (Fsp3) is 0.250. The van der Waals surface area contributed by atoms with Gasteiger partial charge in [-0.1, -0.05) is 17.7 Å². The lowest BCUT2D eigenvalue weighted by molar-refractivity contribution is 0.102. The number of anilines is 3. The number of nitrogens with one attached hydrogen (secondary N) is 3. The van der Waals surface area contributed by atoms with Crippen molar-refractivity contribution in [2.24, 2.45) is 0 Å². The van der Waals surface area contributed by atoms with Crippen molar-refractivity contribution in [2.75, 3.05) is 35.3 Å². The Morgan fingerprint density at radius 1 is 1.00 bits per heavy atom. The molecule has 0 aliphatic carbocycles. The average molecular weight is 465 g/mol. The molecule has 170 valence electrons. The average Bonchev–Trinajstić information content (AvgIpc) is 3.11. The molecule has 0 radical (unpaired) electrons. The van der Waals surface area contributed by atoms with Crippen LogP contribution in [0, 0.1) is 6.92 Å². The molecule has 1 fully saturated rings. The summed E-state index contributed by atoms with van der Waals surface area (Å²) in [6, 6.07) is 11.8. The number of hydrogen-bond donors (Lipinski definition) is 3. The molecule has 4 rings (SSSR count). The van der Waals surface area contributed by atoms with Crippen LogP contribution in [0.4, 0.5) is 17.2 Å². The first-order valence-corrected chi connectivity index (χ1v) is 11.1. The van der Waals surface area contributed by atoms with Gasteiger partial charge in [0.2, 0.25) is 0 Å². The van der Waals surface area contributed by atoms with Gasteiger partial charge in [-0.15, -0.1) is 0 Å². The Morgan fingerprint density at radius 3 is 2.64 bits per heavy atom. The molecule has 0 spiro atoms. The van der Waals surface area contributed by atoms with Crippen LogP contribution in [0.2, 0.25) is 5.02 Å². The predicted octanol–water partition coefficient (Wildman–Crippen LogP) is 4.09. The van der Waals surface area contributed by atoms with Crippen molar-refractivity contribution in [2.45, 2.75) is 19.8 Å². The molecule has 8 nitrogen and oxygen atoms in total. The van der Waals surface area contributed by atoms with Gasteiger partial charge in [-0.25, -0.2) is 9.97 Å². The zero-order valence-electron chi connectivity index (χ0n) is 18.3. The van der Waals surface area contributed by atoms with E-state index in [-0.39, 0.29) is 11.3 Å². The molecule has 1 aliphatic rings. The van der Waals surface area contributed by atoms with Crippen LogP contribution in [0.25, 0.3) is 0 Å². The number of carbonyl (C=O) groups excluding carboxylic acids is 2. The van der Waals surface area contributed by atoms with Crippen LogP contribution in [0.5, 0.6) is 0 Å². The number of halogens is 1. The third kappa shape index (κ3) is 5.85. The Labute approximate surface area is 197 Å². The molecule has 3 aromatic rings. The number of rotatable bonds is 5. The highest BCUT2D eigenvalue weighted by molar-refractivity contribution is 6.31. The SMILES string of the molecule is Cc1ccc(NC(=O)c2cc(Cl)ccc2NC(=O)c2ccc(N3CCCCNC3)cn2)nc1. The molecule has 0 unspecified atom stereocenters. The molecule has 3 heterocycles. The van der Waals surface area contributed by atoms with E-state index in [9.17, 15) is 9.59 Å². The van der Waals surface area contributed by atoms with Crippen molar-refractivity contribution >= 4 is 40.6 Å². The second kappa shape index (κ2) is 10.4. The zero-order valence-corrected chi connectivity index (χ0v) is 19.0. The number of hydrogen-bond acceptors (Lipinski definition) is 6. The third-order valence-electron chi connectivity index (χ3n) is 5.31. The largest absolute Gasteiger partial charge is 0.358 e. The minimum absolute atomic E-state index is 0.227. The van der Waals surface area contributed by atoms with E-state index < -0.39 is 11.8 Å². The van der Waals surface area contributed by atoms with Crippen LogP contribution in [0.15, 0.2) is 54.9 Å². The molecule has 2 amide bonds. The number of nitrogens with zero attached hydrogens (tertiary/aromatic N) is 3. The molecular formula is C24H25ClN6O2. The van der Waals surface area contributed by atoms with Gasteiger partial charge >= 0.3 is 0 Å². The summed E-state index contributed by atoms with van der Waals surface area (Å²) in [5, 5.41) is 9.25. The molecule has 1 saturated heterocycles. The lowest BCUT2D eigenvalue weighted by atomic mass is 10.1. The Balaban J connectivity index is 1.48. The number of pyridine rings is 2. The number of carbonyl (C=O) groups is 2. The van der Waals surface area contributed by atoms with E-state index >= 15 is 0 Å². The zero-order chi connectivity index (χ0) is 23.2. The number of aryl methyl sites for hydroxylation is 1. The predicted molar refractivity (Wildman–Crippen MR) is 130 cm³/mol. The maximum atomic E-state index is 12.8. The standard InChI is InChI=1S/C24H25ClN6O2/c1-16-4-9-22(28-13-16)30-23(32)19-12-17(25)5-7-20(19)29-24(33)21-8-6-18(14-27-21)31-11-3-2-10-26-15-31/h4-9,12-14,26H,2-3,10-11,15H2,1H3,(H,29,33)(H,28,30,32). The van der Waals surface area contributed by atoms with Crippen molar-refractivity contribution in [3.63, 3.8) is 0 Å². The second-order valence-electron chi connectivity index (χ2n) is 7.85. The molecule has 1 aliphatic heterocycles. The number of amides is 2. The summed E-state index contributed by atoms with van der Waals surface area (Å²) < 4.78 is 0. The minimum Gasteiger partial charge on any atom is -0.358 e. The Hall–Kier alpha value is -3.49. The fourth-order valence-electron chi connectivity index (χ4n) is 3.50. The van der Waals surface area contributed by atoms with E-state index in [1.165, 1.54) is 6.07 Å². The van der Waals surface area contributed by atoms with Crippen LogP contribution < -0.4 is 20.9 Å². The third-order valence-corrected chi connectivity index (χ3v) is 5.54. The van der Waals surface area contributed by atoms with Crippen LogP contribution in [0.1, 0.15) is 39.3 Å². The normalized spacial score (nSPS) is 13.8. The maximum Gasteiger partial charge on any atom is 0.274 e. The van der Waals surface area contributed by atoms with E-state index in [4.69, 9.17) is 11.6 Å². The lowest BCUT2D eigenvalue weighted by Crippen LogP contribution is -2.32. The molecule has 9 heteroatoms. The van der Waals surface area contributed by atoms with Crippen molar-refractivity contribution < 1.29 is 9.59 Å². The summed E-state index contributed by atoms with van der Waals surface area (Å²) in [5.41, 5.74) is 2.75. The first-order valence-electron chi connectivity index (χ1n) is 10.8. The molecule has 33 heavy (non-hydrogen) atoms. The van der Waals surface area contributed by atoms with Gasteiger partial charge in [0, 0.05) is 17.8 Å². The number of benzene rings is 1. The van der Waals surface area contributed by atoms with Gasteiger partial charge in [-0.05, 0) is 68.3 Å². The highest BCUT2D eigenvalue weighted by Gasteiger charge is 2.17. The van der Waals surface area contributed by atoms with Gasteiger partial charge in [0.15, 0.2) is 0 Å². The van der Waals surface area contributed by atoms with Gasteiger partial charge in [-0.2, -0.15) is 0 Å². The second-order valence-corrected chi connectivity index (χ2v) is 8.29. The summed E-state index contributed by atoms with van der Waals surface area (Å²) in [6.45, 7) is 4.61. The van der Waals surface area contributed by atoms with Crippen molar-refractivity contribution in [1.82, 2.24) is 15.3 Å². The summed E-state index contributed by atoms with van der Waals surface area (Å²) in [4.78, 5) is 36.4. The molecule has 2 aromatic heterocycles. The first-order chi connectivity index (χ1) is 16.0. The quantitative estimate of drug-likeness (QED) is 0.526. The van der Waals surface area contributed by atoms with E-state index in [0.717, 1.165) is 43.9 Å². The van der Waals surface area contributed by atoms with Crippen LogP contribution >= 0.6 is 11.6 Å². The summed E-state index contributed by atoms with van der Waals surface area (Å²) >= 11 is 6.11. The highest BCUT2D eigenvalue weighted by Crippen LogP contribution is 2.23. The van der Waals surface area contributed by atoms with Crippen LogP contribution in [-0.4, -0.2) is 41.5 Å². The smallest absolute Gasteiger partial charge is 0.274 e. The molecular weight excluding hydrogens is 440 g/mol.